The summed E-state index contributed by atoms with van der Waals surface area (Å²) in [6.45, 7) is 0. The van der Waals surface area contributed by atoms with E-state index in [2.05, 4.69) is 10.3 Å². The van der Waals surface area contributed by atoms with E-state index in [1.807, 2.05) is 12.1 Å². The molecule has 2 aromatic rings. The Hall–Kier alpha value is -1.81. The van der Waals surface area contributed by atoms with E-state index in [1.165, 1.54) is 12.1 Å². The normalized spacial score (nSPS) is 12.4. The van der Waals surface area contributed by atoms with Crippen LogP contribution in [0, 0.1) is 11.6 Å². The first-order valence-electron chi connectivity index (χ1n) is 6.22. The highest BCUT2D eigenvalue weighted by Crippen LogP contribution is 2.22. The molecule has 2 nitrogen and oxygen atoms in total. The van der Waals surface area contributed by atoms with Crippen LogP contribution in [0.5, 0.6) is 0 Å². The van der Waals surface area contributed by atoms with E-state index in [0.717, 1.165) is 18.1 Å². The summed E-state index contributed by atoms with van der Waals surface area (Å²) in [7, 11) is 1.75. The van der Waals surface area contributed by atoms with Crippen molar-refractivity contribution >= 4 is 0 Å². The lowest BCUT2D eigenvalue weighted by molar-refractivity contribution is 0.500. The number of pyridine rings is 1. The van der Waals surface area contributed by atoms with Gasteiger partial charge in [0.2, 0.25) is 0 Å². The number of hydrogen-bond donors (Lipinski definition) is 1. The molecule has 1 N–H and O–H groups in total. The van der Waals surface area contributed by atoms with E-state index in [9.17, 15) is 8.78 Å². The zero-order valence-corrected chi connectivity index (χ0v) is 10.7. The molecule has 0 bridgehead atoms. The highest BCUT2D eigenvalue weighted by atomic mass is 19.1. The third kappa shape index (κ3) is 3.58. The van der Waals surface area contributed by atoms with Crippen LogP contribution in [-0.4, -0.2) is 12.0 Å². The first-order valence-corrected chi connectivity index (χ1v) is 6.22. The Balaban J connectivity index is 2.10. The van der Waals surface area contributed by atoms with Gasteiger partial charge in [-0.2, -0.15) is 0 Å². The average Bonchev–Trinajstić information content (AvgIpc) is 2.44. The number of nitrogens with one attached hydrogen (secondary N) is 1. The molecular formula is C15H16F2N2. The maximum Gasteiger partial charge on any atom is 0.128 e. The van der Waals surface area contributed by atoms with Crippen molar-refractivity contribution in [3.63, 3.8) is 0 Å². The lowest BCUT2D eigenvalue weighted by Gasteiger charge is -2.17. The number of rotatable bonds is 5. The maximum atomic E-state index is 13.7. The van der Waals surface area contributed by atoms with Crippen molar-refractivity contribution in [3.05, 3.63) is 65.5 Å². The Labute approximate surface area is 111 Å². The minimum Gasteiger partial charge on any atom is -0.313 e. The predicted octanol–water partition coefficient (Wildman–Crippen LogP) is 3.25. The number of halogens is 2. The van der Waals surface area contributed by atoms with Crippen molar-refractivity contribution in [2.24, 2.45) is 0 Å². The van der Waals surface area contributed by atoms with Crippen LogP contribution in [0.4, 0.5) is 8.78 Å². The van der Waals surface area contributed by atoms with Crippen LogP contribution in [0.2, 0.25) is 0 Å². The summed E-state index contributed by atoms with van der Waals surface area (Å²) >= 11 is 0. The Bertz CT molecular complexity index is 529. The Morgan fingerprint density at radius 2 is 2.11 bits per heavy atom. The molecule has 1 heterocycles. The summed E-state index contributed by atoms with van der Waals surface area (Å²) in [5.41, 5.74) is 1.45. The van der Waals surface area contributed by atoms with Gasteiger partial charge in [-0.15, -0.1) is 0 Å². The molecule has 0 spiro atoms. The van der Waals surface area contributed by atoms with Crippen molar-refractivity contribution in [1.82, 2.24) is 10.3 Å². The third-order valence-corrected chi connectivity index (χ3v) is 3.13. The second-order valence-electron chi connectivity index (χ2n) is 4.41. The van der Waals surface area contributed by atoms with Crippen molar-refractivity contribution in [2.45, 2.75) is 18.9 Å². The highest BCUT2D eigenvalue weighted by Gasteiger charge is 2.14. The molecule has 0 aliphatic rings. The Morgan fingerprint density at radius 3 is 2.79 bits per heavy atom. The molecule has 0 radical (unpaired) electrons. The molecule has 2 rings (SSSR count). The van der Waals surface area contributed by atoms with Crippen LogP contribution in [0.1, 0.15) is 23.6 Å². The first-order chi connectivity index (χ1) is 9.20. The van der Waals surface area contributed by atoms with Gasteiger partial charge in [-0.1, -0.05) is 6.07 Å². The van der Waals surface area contributed by atoms with Gasteiger partial charge in [-0.05, 0) is 49.7 Å². The fourth-order valence-corrected chi connectivity index (χ4v) is 2.09. The molecule has 100 valence electrons. The molecule has 1 aromatic heterocycles. The molecule has 0 amide bonds. The summed E-state index contributed by atoms with van der Waals surface area (Å²) in [5.74, 6) is -0.801. The fourth-order valence-electron chi connectivity index (χ4n) is 2.09. The van der Waals surface area contributed by atoms with Crippen LogP contribution >= 0.6 is 0 Å². The summed E-state index contributed by atoms with van der Waals surface area (Å²) in [5, 5.41) is 3.03. The second kappa shape index (κ2) is 6.38. The number of benzene rings is 1. The molecule has 0 saturated carbocycles. The van der Waals surface area contributed by atoms with E-state index >= 15 is 0 Å². The predicted molar refractivity (Wildman–Crippen MR) is 70.7 cm³/mol. The molecule has 19 heavy (non-hydrogen) atoms. The quantitative estimate of drug-likeness (QED) is 0.894. The summed E-state index contributed by atoms with van der Waals surface area (Å²) in [6.07, 6.45) is 4.94. The van der Waals surface area contributed by atoms with Gasteiger partial charge in [0.1, 0.15) is 11.6 Å². The summed E-state index contributed by atoms with van der Waals surface area (Å²) in [6, 6.07) is 7.18. The van der Waals surface area contributed by atoms with E-state index in [0.29, 0.717) is 12.0 Å². The first kappa shape index (κ1) is 13.6. The zero-order valence-electron chi connectivity index (χ0n) is 10.7. The van der Waals surface area contributed by atoms with Crippen LogP contribution in [0.3, 0.4) is 0 Å². The van der Waals surface area contributed by atoms with Crippen LogP contribution in [0.15, 0.2) is 42.7 Å². The molecule has 4 heteroatoms. The van der Waals surface area contributed by atoms with Crippen molar-refractivity contribution in [2.75, 3.05) is 7.05 Å². The van der Waals surface area contributed by atoms with E-state index in [-0.39, 0.29) is 11.9 Å². The van der Waals surface area contributed by atoms with E-state index in [4.69, 9.17) is 0 Å². The van der Waals surface area contributed by atoms with Crippen molar-refractivity contribution in [3.8, 4) is 0 Å². The highest BCUT2D eigenvalue weighted by molar-refractivity contribution is 5.23. The number of hydrogen-bond acceptors (Lipinski definition) is 2. The smallest absolute Gasteiger partial charge is 0.128 e. The number of nitrogens with zero attached hydrogens (tertiary/aromatic N) is 1. The minimum atomic E-state index is -0.418. The molecule has 0 fully saturated rings. The topological polar surface area (TPSA) is 24.9 Å². The van der Waals surface area contributed by atoms with Gasteiger partial charge in [-0.25, -0.2) is 8.78 Å². The molecular weight excluding hydrogens is 246 g/mol. The number of aryl methyl sites for hydroxylation is 1. The van der Waals surface area contributed by atoms with Crippen LogP contribution in [-0.2, 0) is 6.42 Å². The minimum absolute atomic E-state index is 0.212. The van der Waals surface area contributed by atoms with Crippen molar-refractivity contribution in [1.29, 1.82) is 0 Å². The lowest BCUT2D eigenvalue weighted by Crippen LogP contribution is -2.18. The monoisotopic (exact) mass is 262 g/mol. The van der Waals surface area contributed by atoms with Gasteiger partial charge in [-0.3, -0.25) is 4.98 Å². The average molecular weight is 262 g/mol. The van der Waals surface area contributed by atoms with Gasteiger partial charge in [0, 0.05) is 24.0 Å². The van der Waals surface area contributed by atoms with Gasteiger partial charge in [0.15, 0.2) is 0 Å². The van der Waals surface area contributed by atoms with Crippen molar-refractivity contribution < 1.29 is 8.78 Å². The van der Waals surface area contributed by atoms with E-state index in [1.54, 1.807) is 19.4 Å². The van der Waals surface area contributed by atoms with Gasteiger partial charge >= 0.3 is 0 Å². The summed E-state index contributed by atoms with van der Waals surface area (Å²) in [4.78, 5) is 4.04. The van der Waals surface area contributed by atoms with Crippen LogP contribution in [0.25, 0.3) is 0 Å². The largest absolute Gasteiger partial charge is 0.313 e. The lowest BCUT2D eigenvalue weighted by atomic mass is 9.99. The zero-order chi connectivity index (χ0) is 13.7. The van der Waals surface area contributed by atoms with Gasteiger partial charge in [0.05, 0.1) is 0 Å². The Morgan fingerprint density at radius 1 is 1.26 bits per heavy atom. The molecule has 0 saturated heterocycles. The summed E-state index contributed by atoms with van der Waals surface area (Å²) < 4.78 is 26.9. The van der Waals surface area contributed by atoms with Gasteiger partial charge < -0.3 is 5.32 Å². The molecule has 1 unspecified atom stereocenters. The molecule has 0 aliphatic heterocycles. The maximum absolute atomic E-state index is 13.7. The third-order valence-electron chi connectivity index (χ3n) is 3.13. The SMILES string of the molecule is CNC(CCc1cccnc1)c1cc(F)ccc1F. The standard InChI is InChI=1S/C15H16F2N2/c1-18-15(7-4-11-3-2-8-19-10-11)13-9-12(16)5-6-14(13)17/h2-3,5-6,8-10,15,18H,4,7H2,1H3. The van der Waals surface area contributed by atoms with E-state index < -0.39 is 5.82 Å². The fraction of sp³-hybridized carbons (Fsp3) is 0.267. The van der Waals surface area contributed by atoms with Crippen LogP contribution < -0.4 is 5.32 Å². The Kier molecular flexibility index (Phi) is 4.58. The number of aromatic nitrogens is 1. The van der Waals surface area contributed by atoms with Gasteiger partial charge in [0.25, 0.3) is 0 Å². The second-order valence-corrected chi connectivity index (χ2v) is 4.41. The molecule has 1 aromatic carbocycles. The molecule has 0 aliphatic carbocycles. The molecule has 1 atom stereocenters.